The lowest BCUT2D eigenvalue weighted by Gasteiger charge is -2.16. The van der Waals surface area contributed by atoms with Crippen LogP contribution in [-0.2, 0) is 0 Å². The molecule has 0 amide bonds. The van der Waals surface area contributed by atoms with Crippen molar-refractivity contribution in [2.75, 3.05) is 0 Å². The topological polar surface area (TPSA) is 43.6 Å². The Morgan fingerprint density at radius 2 is 1.02 bits per heavy atom. The summed E-state index contributed by atoms with van der Waals surface area (Å²) < 4.78 is 4.90. The lowest BCUT2D eigenvalue weighted by atomic mass is 10.0. The standard InChI is InChI=1S/C47H28N4S/c1-2-13-30(14-3-1)45-48-46(34-23-22-29-12-4-5-15-31(29)26-34)50-47(49-45)38-25-24-37-36-19-9-11-21-42(36)52-44(37)43(38)51-40-20-10-8-18-35(40)39-27-32-16-6-7-17-33(32)28-41(39)51/h1-28H. The van der Waals surface area contributed by atoms with Gasteiger partial charge in [0, 0.05) is 42.9 Å². The summed E-state index contributed by atoms with van der Waals surface area (Å²) in [5.74, 6) is 1.92. The van der Waals surface area contributed by atoms with Gasteiger partial charge >= 0.3 is 0 Å². The van der Waals surface area contributed by atoms with E-state index in [1.165, 1.54) is 47.1 Å². The number of hydrogen-bond acceptors (Lipinski definition) is 4. The predicted octanol–water partition coefficient (Wildman–Crippen LogP) is 12.6. The van der Waals surface area contributed by atoms with Crippen molar-refractivity contribution in [1.82, 2.24) is 19.5 Å². The quantitative estimate of drug-likeness (QED) is 0.186. The van der Waals surface area contributed by atoms with Crippen LogP contribution >= 0.6 is 11.3 Å². The first-order valence-corrected chi connectivity index (χ1v) is 18.3. The molecule has 0 aliphatic carbocycles. The molecule has 5 heteroatoms. The van der Waals surface area contributed by atoms with Gasteiger partial charge in [-0.25, -0.2) is 15.0 Å². The van der Waals surface area contributed by atoms with Gasteiger partial charge in [-0.3, -0.25) is 0 Å². The van der Waals surface area contributed by atoms with E-state index in [-0.39, 0.29) is 0 Å². The number of nitrogens with zero attached hydrogens (tertiary/aromatic N) is 4. The van der Waals surface area contributed by atoms with Crippen LogP contribution in [0.15, 0.2) is 170 Å². The summed E-state index contributed by atoms with van der Waals surface area (Å²) in [6.45, 7) is 0. The minimum atomic E-state index is 0.637. The number of para-hydroxylation sites is 1. The molecule has 0 fully saturated rings. The van der Waals surface area contributed by atoms with E-state index in [0.29, 0.717) is 17.5 Å². The molecule has 0 aliphatic heterocycles. The molecule has 0 radical (unpaired) electrons. The second kappa shape index (κ2) is 11.4. The Bertz CT molecular complexity index is 3190. The fourth-order valence-electron chi connectivity index (χ4n) is 7.74. The fraction of sp³-hybridized carbons (Fsp3) is 0. The number of hydrogen-bond donors (Lipinski definition) is 0. The van der Waals surface area contributed by atoms with Gasteiger partial charge in [0.05, 0.1) is 21.4 Å². The van der Waals surface area contributed by atoms with E-state index in [2.05, 4.69) is 156 Å². The maximum Gasteiger partial charge on any atom is 0.166 e. The first-order valence-electron chi connectivity index (χ1n) is 17.4. The average Bonchev–Trinajstić information content (AvgIpc) is 3.75. The normalized spacial score (nSPS) is 11.8. The number of rotatable bonds is 4. The molecule has 4 nitrogen and oxygen atoms in total. The minimum absolute atomic E-state index is 0.637. The summed E-state index contributed by atoms with van der Waals surface area (Å²) in [7, 11) is 0. The molecule has 0 spiro atoms. The van der Waals surface area contributed by atoms with E-state index in [9.17, 15) is 0 Å². The van der Waals surface area contributed by atoms with E-state index >= 15 is 0 Å². The van der Waals surface area contributed by atoms with Gasteiger partial charge in [-0.15, -0.1) is 11.3 Å². The first kappa shape index (κ1) is 29.1. The summed E-state index contributed by atoms with van der Waals surface area (Å²) in [6, 6.07) is 60.3. The Labute approximate surface area is 302 Å². The van der Waals surface area contributed by atoms with E-state index in [1.54, 1.807) is 0 Å². The van der Waals surface area contributed by atoms with Crippen molar-refractivity contribution in [2.45, 2.75) is 0 Å². The summed E-state index contributed by atoms with van der Waals surface area (Å²) in [6.07, 6.45) is 0. The van der Waals surface area contributed by atoms with Gasteiger partial charge < -0.3 is 4.57 Å². The highest BCUT2D eigenvalue weighted by Gasteiger charge is 2.23. The molecule has 0 aliphatic rings. The molecule has 0 bridgehead atoms. The minimum Gasteiger partial charge on any atom is -0.307 e. The molecule has 0 unspecified atom stereocenters. The molecule has 0 N–H and O–H groups in total. The van der Waals surface area contributed by atoms with E-state index in [1.807, 2.05) is 29.5 Å². The van der Waals surface area contributed by atoms with Crippen molar-refractivity contribution >= 4 is 74.9 Å². The summed E-state index contributed by atoms with van der Waals surface area (Å²) in [5, 5.41) is 9.66. The molecule has 242 valence electrons. The third-order valence-electron chi connectivity index (χ3n) is 10.2. The largest absolute Gasteiger partial charge is 0.307 e. The molecule has 3 aromatic heterocycles. The van der Waals surface area contributed by atoms with Gasteiger partial charge in [-0.05, 0) is 57.9 Å². The third kappa shape index (κ3) is 4.50. The van der Waals surface area contributed by atoms with Crippen LogP contribution < -0.4 is 0 Å². The predicted molar refractivity (Wildman–Crippen MR) is 218 cm³/mol. The maximum absolute atomic E-state index is 5.32. The van der Waals surface area contributed by atoms with Crippen molar-refractivity contribution in [1.29, 1.82) is 0 Å². The van der Waals surface area contributed by atoms with Gasteiger partial charge in [0.2, 0.25) is 0 Å². The Kier molecular flexibility index (Phi) is 6.39. The molecule has 11 aromatic rings. The second-order valence-electron chi connectivity index (χ2n) is 13.2. The van der Waals surface area contributed by atoms with Gasteiger partial charge in [0.25, 0.3) is 0 Å². The SMILES string of the molecule is c1ccc(-c2nc(-c3ccc4ccccc4c3)nc(-c3ccc4c(sc5ccccc54)c3-n3c4ccccc4c4cc5ccccc5cc43)n2)cc1. The average molecular weight is 681 g/mol. The Morgan fingerprint density at radius 3 is 1.85 bits per heavy atom. The van der Waals surface area contributed by atoms with Crippen LogP contribution in [0.1, 0.15) is 0 Å². The molecule has 0 saturated carbocycles. The second-order valence-corrected chi connectivity index (χ2v) is 14.3. The van der Waals surface area contributed by atoms with Crippen LogP contribution in [-0.4, -0.2) is 19.5 Å². The van der Waals surface area contributed by atoms with Crippen molar-refractivity contribution in [3.8, 4) is 39.9 Å². The zero-order chi connectivity index (χ0) is 34.2. The van der Waals surface area contributed by atoms with Crippen LogP contribution in [0.2, 0.25) is 0 Å². The zero-order valence-corrected chi connectivity index (χ0v) is 28.7. The molecule has 11 rings (SSSR count). The van der Waals surface area contributed by atoms with Crippen LogP contribution in [0.3, 0.4) is 0 Å². The van der Waals surface area contributed by atoms with Gasteiger partial charge in [0.1, 0.15) is 0 Å². The Morgan fingerprint density at radius 1 is 0.385 bits per heavy atom. The van der Waals surface area contributed by atoms with Crippen molar-refractivity contribution < 1.29 is 0 Å². The summed E-state index contributed by atoms with van der Waals surface area (Å²) >= 11 is 1.83. The monoisotopic (exact) mass is 680 g/mol. The molecule has 0 saturated heterocycles. The summed E-state index contributed by atoms with van der Waals surface area (Å²) in [4.78, 5) is 15.7. The number of aromatic nitrogens is 4. The molecule has 52 heavy (non-hydrogen) atoms. The van der Waals surface area contributed by atoms with Crippen molar-refractivity contribution in [2.24, 2.45) is 0 Å². The van der Waals surface area contributed by atoms with Gasteiger partial charge in [0.15, 0.2) is 17.5 Å². The smallest absolute Gasteiger partial charge is 0.166 e. The third-order valence-corrected chi connectivity index (χ3v) is 11.4. The van der Waals surface area contributed by atoms with Crippen LogP contribution in [0.5, 0.6) is 0 Å². The molecule has 8 aromatic carbocycles. The number of thiophene rings is 1. The van der Waals surface area contributed by atoms with Crippen LogP contribution in [0, 0.1) is 0 Å². The fourth-order valence-corrected chi connectivity index (χ4v) is 8.98. The zero-order valence-electron chi connectivity index (χ0n) is 27.9. The van der Waals surface area contributed by atoms with Crippen molar-refractivity contribution in [3.63, 3.8) is 0 Å². The lowest BCUT2D eigenvalue weighted by molar-refractivity contribution is 1.07. The van der Waals surface area contributed by atoms with E-state index in [0.717, 1.165) is 38.8 Å². The van der Waals surface area contributed by atoms with E-state index < -0.39 is 0 Å². The van der Waals surface area contributed by atoms with Gasteiger partial charge in [-0.2, -0.15) is 0 Å². The first-order chi connectivity index (χ1) is 25.8. The Hall–Kier alpha value is -6.69. The molecule has 3 heterocycles. The van der Waals surface area contributed by atoms with E-state index in [4.69, 9.17) is 15.0 Å². The number of fused-ring (bicyclic) bond motifs is 8. The summed E-state index contributed by atoms with van der Waals surface area (Å²) in [5.41, 5.74) is 6.23. The highest BCUT2D eigenvalue weighted by Crippen LogP contribution is 2.45. The van der Waals surface area contributed by atoms with Crippen LogP contribution in [0.25, 0.3) is 103 Å². The molecular weight excluding hydrogens is 653 g/mol. The Balaban J connectivity index is 1.27. The number of benzene rings is 8. The molecular formula is C47H28N4S. The lowest BCUT2D eigenvalue weighted by Crippen LogP contribution is -2.04. The highest BCUT2D eigenvalue weighted by molar-refractivity contribution is 7.26. The molecule has 0 atom stereocenters. The van der Waals surface area contributed by atoms with Crippen molar-refractivity contribution in [3.05, 3.63) is 170 Å². The van der Waals surface area contributed by atoms with Gasteiger partial charge in [-0.1, -0.05) is 133 Å². The maximum atomic E-state index is 5.32. The van der Waals surface area contributed by atoms with Crippen LogP contribution in [0.4, 0.5) is 0 Å². The highest BCUT2D eigenvalue weighted by atomic mass is 32.1.